The summed E-state index contributed by atoms with van der Waals surface area (Å²) in [6.45, 7) is 19.8. The van der Waals surface area contributed by atoms with E-state index in [4.69, 9.17) is 21.1 Å². The number of carbonyl (C=O) groups is 2. The van der Waals surface area contributed by atoms with Crippen LogP contribution in [0.4, 0.5) is 0 Å². The third-order valence-electron chi connectivity index (χ3n) is 5.36. The molecule has 0 saturated heterocycles. The Bertz CT molecular complexity index is 1010. The zero-order valence-electron chi connectivity index (χ0n) is 27.7. The summed E-state index contributed by atoms with van der Waals surface area (Å²) in [5.74, 6) is 0.362. The van der Waals surface area contributed by atoms with Crippen molar-refractivity contribution in [3.05, 3.63) is 107 Å². The summed E-state index contributed by atoms with van der Waals surface area (Å²) in [6.07, 6.45) is 2.69. The number of hydrogen-bond donors (Lipinski definition) is 0. The molecular weight excluding hydrogens is 544 g/mol. The van der Waals surface area contributed by atoms with E-state index in [1.165, 1.54) is 16.7 Å². The quantitative estimate of drug-likeness (QED) is 0.242. The van der Waals surface area contributed by atoms with Crippen molar-refractivity contribution in [2.75, 3.05) is 0 Å². The molecule has 2 atom stereocenters. The number of carbonyl (C=O) groups excluding carboxylic acids is 2. The Hall–Kier alpha value is -3.11. The van der Waals surface area contributed by atoms with Gasteiger partial charge in [-0.2, -0.15) is 0 Å². The summed E-state index contributed by atoms with van der Waals surface area (Å²) < 4.78 is 10.2. The summed E-state index contributed by atoms with van der Waals surface area (Å²) >= 11 is 5.61. The molecule has 0 aliphatic heterocycles. The van der Waals surface area contributed by atoms with Gasteiger partial charge in [0.1, 0.15) is 6.10 Å². The van der Waals surface area contributed by atoms with Crippen LogP contribution in [0.3, 0.4) is 0 Å². The Labute approximate surface area is 261 Å². The lowest BCUT2D eigenvalue weighted by Crippen LogP contribution is -2.16. The van der Waals surface area contributed by atoms with Crippen molar-refractivity contribution >= 4 is 23.5 Å². The van der Waals surface area contributed by atoms with Gasteiger partial charge in [-0.15, -0.1) is 0 Å². The third-order valence-corrected chi connectivity index (χ3v) is 5.62. The molecule has 0 fully saturated rings. The lowest BCUT2D eigenvalue weighted by atomic mass is 10.1. The fourth-order valence-electron chi connectivity index (χ4n) is 3.38. The van der Waals surface area contributed by atoms with Crippen LogP contribution in [0.15, 0.2) is 84.9 Å². The number of hydrogen-bond acceptors (Lipinski definition) is 4. The molecule has 3 aromatic carbocycles. The molecule has 4 nitrogen and oxygen atoms in total. The van der Waals surface area contributed by atoms with Crippen molar-refractivity contribution in [1.29, 1.82) is 0 Å². The first kappa shape index (κ1) is 41.0. The van der Waals surface area contributed by atoms with Gasteiger partial charge in [0, 0.05) is 24.3 Å². The Balaban J connectivity index is 0. The SMILES string of the molecule is CC.CCC(=O)OC(C)CC(C)C.CCC(=O)OC(C)Cc1ccccc1.Cc1ccc(Cl)cc1.Cc1ccccc1. The average Bonchev–Trinajstić information content (AvgIpc) is 2.97. The number of benzene rings is 3. The first-order valence-electron chi connectivity index (χ1n) is 15.1. The van der Waals surface area contributed by atoms with E-state index >= 15 is 0 Å². The van der Waals surface area contributed by atoms with Gasteiger partial charge in [0.15, 0.2) is 0 Å². The van der Waals surface area contributed by atoms with Crippen LogP contribution in [-0.2, 0) is 25.5 Å². The van der Waals surface area contributed by atoms with Gasteiger partial charge in [-0.25, -0.2) is 0 Å². The molecule has 0 aromatic heterocycles. The minimum absolute atomic E-state index is 0.0372. The third kappa shape index (κ3) is 25.8. The van der Waals surface area contributed by atoms with Gasteiger partial charge in [-0.1, -0.05) is 137 Å². The van der Waals surface area contributed by atoms with E-state index in [0.29, 0.717) is 18.8 Å². The van der Waals surface area contributed by atoms with E-state index in [9.17, 15) is 9.59 Å². The van der Waals surface area contributed by atoms with Crippen molar-refractivity contribution in [3.8, 4) is 0 Å². The molecule has 234 valence electrons. The molecule has 3 rings (SSSR count). The van der Waals surface area contributed by atoms with Gasteiger partial charge in [0.05, 0.1) is 6.10 Å². The summed E-state index contributed by atoms with van der Waals surface area (Å²) in [6, 6.07) is 28.0. The molecule has 2 unspecified atom stereocenters. The van der Waals surface area contributed by atoms with Crippen LogP contribution in [0.25, 0.3) is 0 Å². The second kappa shape index (κ2) is 26.8. The van der Waals surface area contributed by atoms with Gasteiger partial charge < -0.3 is 9.47 Å². The Morgan fingerprint density at radius 1 is 0.643 bits per heavy atom. The molecule has 0 aliphatic carbocycles. The van der Waals surface area contributed by atoms with Crippen molar-refractivity contribution in [2.24, 2.45) is 5.92 Å². The van der Waals surface area contributed by atoms with Crippen molar-refractivity contribution in [3.63, 3.8) is 0 Å². The highest BCUT2D eigenvalue weighted by atomic mass is 35.5. The molecule has 0 heterocycles. The maximum atomic E-state index is 11.0. The topological polar surface area (TPSA) is 52.6 Å². The highest BCUT2D eigenvalue weighted by molar-refractivity contribution is 6.30. The average molecular weight is 599 g/mol. The Kier molecular flexibility index (Phi) is 26.1. The smallest absolute Gasteiger partial charge is 0.305 e. The molecule has 3 aromatic rings. The number of rotatable bonds is 8. The molecule has 0 bridgehead atoms. The number of halogens is 1. The van der Waals surface area contributed by atoms with E-state index in [1.807, 2.05) is 114 Å². The summed E-state index contributed by atoms with van der Waals surface area (Å²) in [5, 5.41) is 0.801. The predicted octanol–water partition coefficient (Wildman–Crippen LogP) is 10.6. The van der Waals surface area contributed by atoms with Gasteiger partial charge in [-0.05, 0) is 57.7 Å². The predicted molar refractivity (Wildman–Crippen MR) is 180 cm³/mol. The first-order chi connectivity index (χ1) is 20.0. The van der Waals surface area contributed by atoms with E-state index in [0.717, 1.165) is 17.9 Å². The minimum atomic E-state index is -0.131. The second-order valence-electron chi connectivity index (χ2n) is 10.1. The highest BCUT2D eigenvalue weighted by Crippen LogP contribution is 2.09. The van der Waals surface area contributed by atoms with Crippen LogP contribution in [0, 0.1) is 19.8 Å². The largest absolute Gasteiger partial charge is 0.463 e. The zero-order chi connectivity index (χ0) is 32.3. The lowest BCUT2D eigenvalue weighted by molar-refractivity contribution is -0.149. The second-order valence-corrected chi connectivity index (χ2v) is 10.5. The van der Waals surface area contributed by atoms with E-state index in [2.05, 4.69) is 32.9 Å². The number of aryl methyl sites for hydroxylation is 2. The highest BCUT2D eigenvalue weighted by Gasteiger charge is 2.09. The minimum Gasteiger partial charge on any atom is -0.463 e. The lowest BCUT2D eigenvalue weighted by Gasteiger charge is -2.14. The van der Waals surface area contributed by atoms with Crippen molar-refractivity contribution in [1.82, 2.24) is 0 Å². The maximum Gasteiger partial charge on any atom is 0.305 e. The molecule has 0 amide bonds. The van der Waals surface area contributed by atoms with Gasteiger partial charge in [0.2, 0.25) is 0 Å². The van der Waals surface area contributed by atoms with Crippen LogP contribution in [-0.4, -0.2) is 24.1 Å². The molecule has 42 heavy (non-hydrogen) atoms. The van der Waals surface area contributed by atoms with E-state index < -0.39 is 0 Å². The van der Waals surface area contributed by atoms with Gasteiger partial charge in [-0.3, -0.25) is 9.59 Å². The molecule has 0 saturated carbocycles. The summed E-state index contributed by atoms with van der Waals surface area (Å²) in [5.41, 5.74) is 3.76. The van der Waals surface area contributed by atoms with Crippen LogP contribution in [0.1, 0.15) is 91.3 Å². The van der Waals surface area contributed by atoms with E-state index in [1.54, 1.807) is 6.92 Å². The normalized spacial score (nSPS) is 10.9. The zero-order valence-corrected chi connectivity index (χ0v) is 28.4. The van der Waals surface area contributed by atoms with Crippen LogP contribution in [0.2, 0.25) is 5.02 Å². The van der Waals surface area contributed by atoms with Gasteiger partial charge >= 0.3 is 11.9 Å². The van der Waals surface area contributed by atoms with Crippen LogP contribution < -0.4 is 0 Å². The summed E-state index contributed by atoms with van der Waals surface area (Å²) in [4.78, 5) is 21.8. The molecular formula is C37H55ClO4. The first-order valence-corrected chi connectivity index (χ1v) is 15.5. The molecule has 0 spiro atoms. The van der Waals surface area contributed by atoms with Crippen LogP contribution in [0.5, 0.6) is 0 Å². The monoisotopic (exact) mass is 598 g/mol. The van der Waals surface area contributed by atoms with Gasteiger partial charge in [0.25, 0.3) is 0 Å². The fraction of sp³-hybridized carbons (Fsp3) is 0.459. The summed E-state index contributed by atoms with van der Waals surface area (Å²) in [7, 11) is 0. The molecule has 5 heteroatoms. The molecule has 0 aliphatic rings. The fourth-order valence-corrected chi connectivity index (χ4v) is 3.51. The van der Waals surface area contributed by atoms with Crippen LogP contribution >= 0.6 is 11.6 Å². The number of esters is 2. The number of ether oxygens (including phenoxy) is 2. The molecule has 0 radical (unpaired) electrons. The standard InChI is InChI=1S/C12H16O2.C9H18O2.C7H7Cl.C7H8.C2H6/c1-3-12(13)14-10(2)9-11-7-5-4-6-8-11;1-5-9(10)11-8(4)6-7(2)3;1-6-2-4-7(8)5-3-6;1-7-5-3-2-4-6-7;1-2/h4-8,10H,3,9H2,1-2H3;7-8H,5-6H2,1-4H3;2-5H,1H3;2-6H,1H3;1-2H3. The Morgan fingerprint density at radius 3 is 1.40 bits per heavy atom. The van der Waals surface area contributed by atoms with Crippen molar-refractivity contribution < 1.29 is 19.1 Å². The Morgan fingerprint density at radius 2 is 1.05 bits per heavy atom. The van der Waals surface area contributed by atoms with E-state index in [-0.39, 0.29) is 24.1 Å². The van der Waals surface area contributed by atoms with Crippen molar-refractivity contribution in [2.45, 2.75) is 107 Å². The molecule has 0 N–H and O–H groups in total. The maximum absolute atomic E-state index is 11.0.